The average Bonchev–Trinajstić information content (AvgIpc) is 2.92. The molecule has 20 heavy (non-hydrogen) atoms. The summed E-state index contributed by atoms with van der Waals surface area (Å²) in [7, 11) is 0. The Kier molecular flexibility index (Phi) is 4.81. The van der Waals surface area contributed by atoms with Gasteiger partial charge in [0.15, 0.2) is 0 Å². The number of carbonyl (C=O) groups is 1. The van der Waals surface area contributed by atoms with E-state index < -0.39 is 5.54 Å². The average molecular weight is 275 g/mol. The highest BCUT2D eigenvalue weighted by atomic mass is 16.5. The van der Waals surface area contributed by atoms with E-state index in [1.54, 1.807) is 0 Å². The molecule has 1 atom stereocenters. The van der Waals surface area contributed by atoms with Gasteiger partial charge in [-0.15, -0.1) is 0 Å². The molecule has 0 spiro atoms. The van der Waals surface area contributed by atoms with E-state index in [0.717, 1.165) is 24.0 Å². The summed E-state index contributed by atoms with van der Waals surface area (Å²) in [4.78, 5) is 12.5. The van der Waals surface area contributed by atoms with E-state index in [1.165, 1.54) is 12.8 Å². The van der Waals surface area contributed by atoms with Crippen molar-refractivity contribution in [3.8, 4) is 0 Å². The second kappa shape index (κ2) is 6.40. The van der Waals surface area contributed by atoms with Crippen molar-refractivity contribution < 1.29 is 9.53 Å². The Morgan fingerprint density at radius 3 is 2.60 bits per heavy atom. The standard InChI is InChI=1S/C17H25NO2/c1-4-20-16(19)17(3,18-14-10-6-7-11-14)15-12-8-5-9-13(15)2/h5,8-9,12,14,18H,4,6-7,10-11H2,1-3H3. The lowest BCUT2D eigenvalue weighted by molar-refractivity contribution is -0.151. The summed E-state index contributed by atoms with van der Waals surface area (Å²) in [6, 6.07) is 8.46. The molecule has 0 radical (unpaired) electrons. The SMILES string of the molecule is CCOC(=O)C(C)(NC1CCCC1)c1ccccc1C. The second-order valence-corrected chi connectivity index (χ2v) is 5.79. The van der Waals surface area contributed by atoms with Gasteiger partial charge in [0.25, 0.3) is 0 Å². The van der Waals surface area contributed by atoms with Crippen molar-refractivity contribution in [2.75, 3.05) is 6.61 Å². The van der Waals surface area contributed by atoms with Crippen molar-refractivity contribution in [2.45, 2.75) is 58.0 Å². The summed E-state index contributed by atoms with van der Waals surface area (Å²) in [5.41, 5.74) is 1.38. The van der Waals surface area contributed by atoms with E-state index in [9.17, 15) is 4.79 Å². The highest BCUT2D eigenvalue weighted by Crippen LogP contribution is 2.29. The van der Waals surface area contributed by atoms with Crippen molar-refractivity contribution in [1.29, 1.82) is 0 Å². The first-order valence-corrected chi connectivity index (χ1v) is 7.59. The number of carbonyl (C=O) groups excluding carboxylic acids is 1. The number of benzene rings is 1. The van der Waals surface area contributed by atoms with Crippen LogP contribution in [0.5, 0.6) is 0 Å². The van der Waals surface area contributed by atoms with E-state index in [1.807, 2.05) is 45.0 Å². The van der Waals surface area contributed by atoms with Crippen LogP contribution >= 0.6 is 0 Å². The molecule has 110 valence electrons. The molecule has 1 unspecified atom stereocenters. The minimum absolute atomic E-state index is 0.179. The van der Waals surface area contributed by atoms with Gasteiger partial charge in [-0.1, -0.05) is 37.1 Å². The van der Waals surface area contributed by atoms with Gasteiger partial charge in [0.05, 0.1) is 6.61 Å². The Labute approximate surface area is 121 Å². The fraction of sp³-hybridized carbons (Fsp3) is 0.588. The highest BCUT2D eigenvalue weighted by Gasteiger charge is 2.39. The smallest absolute Gasteiger partial charge is 0.330 e. The maximum atomic E-state index is 12.5. The first kappa shape index (κ1) is 15.0. The predicted molar refractivity (Wildman–Crippen MR) is 80.6 cm³/mol. The minimum atomic E-state index is -0.754. The second-order valence-electron chi connectivity index (χ2n) is 5.79. The van der Waals surface area contributed by atoms with Crippen LogP contribution in [0.1, 0.15) is 50.7 Å². The molecule has 1 aromatic carbocycles. The molecular formula is C17H25NO2. The maximum absolute atomic E-state index is 12.5. The third-order valence-corrected chi connectivity index (χ3v) is 4.22. The summed E-state index contributed by atoms with van der Waals surface area (Å²) >= 11 is 0. The van der Waals surface area contributed by atoms with Crippen LogP contribution < -0.4 is 5.32 Å². The molecule has 1 aliphatic carbocycles. The number of esters is 1. The van der Waals surface area contributed by atoms with E-state index in [2.05, 4.69) is 5.32 Å². The normalized spacial score (nSPS) is 18.8. The largest absolute Gasteiger partial charge is 0.464 e. The molecule has 1 fully saturated rings. The van der Waals surface area contributed by atoms with Gasteiger partial charge in [-0.3, -0.25) is 5.32 Å². The molecule has 1 aliphatic rings. The molecule has 3 nitrogen and oxygen atoms in total. The zero-order valence-electron chi connectivity index (χ0n) is 12.7. The summed E-state index contributed by atoms with van der Waals surface area (Å²) < 4.78 is 5.33. The monoisotopic (exact) mass is 275 g/mol. The van der Waals surface area contributed by atoms with Crippen molar-refractivity contribution in [1.82, 2.24) is 5.32 Å². The third-order valence-electron chi connectivity index (χ3n) is 4.22. The quantitative estimate of drug-likeness (QED) is 0.838. The molecule has 1 N–H and O–H groups in total. The highest BCUT2D eigenvalue weighted by molar-refractivity contribution is 5.82. The number of hydrogen-bond donors (Lipinski definition) is 1. The lowest BCUT2D eigenvalue weighted by Gasteiger charge is -2.33. The van der Waals surface area contributed by atoms with Crippen molar-refractivity contribution in [2.24, 2.45) is 0 Å². The van der Waals surface area contributed by atoms with E-state index in [-0.39, 0.29) is 5.97 Å². The summed E-state index contributed by atoms with van der Waals surface area (Å²) in [6.45, 7) is 6.26. The van der Waals surface area contributed by atoms with Gasteiger partial charge >= 0.3 is 5.97 Å². The Hall–Kier alpha value is -1.35. The number of hydrogen-bond acceptors (Lipinski definition) is 3. The molecule has 0 aromatic heterocycles. The van der Waals surface area contributed by atoms with Gasteiger partial charge in [0.1, 0.15) is 5.54 Å². The molecule has 0 bridgehead atoms. The zero-order chi connectivity index (χ0) is 14.6. The number of aryl methyl sites for hydroxylation is 1. The first-order chi connectivity index (χ1) is 9.58. The van der Waals surface area contributed by atoms with Crippen LogP contribution in [0.25, 0.3) is 0 Å². The molecule has 0 aliphatic heterocycles. The Morgan fingerprint density at radius 1 is 1.35 bits per heavy atom. The van der Waals surface area contributed by atoms with Gasteiger partial charge in [-0.2, -0.15) is 0 Å². The van der Waals surface area contributed by atoms with E-state index >= 15 is 0 Å². The van der Waals surface area contributed by atoms with Gasteiger partial charge in [-0.05, 0) is 44.7 Å². The van der Waals surface area contributed by atoms with Crippen LogP contribution in [0.2, 0.25) is 0 Å². The minimum Gasteiger partial charge on any atom is -0.464 e. The van der Waals surface area contributed by atoms with Crippen LogP contribution in [-0.4, -0.2) is 18.6 Å². The van der Waals surface area contributed by atoms with Gasteiger partial charge in [0, 0.05) is 6.04 Å². The molecule has 1 aromatic rings. The van der Waals surface area contributed by atoms with Gasteiger partial charge < -0.3 is 4.74 Å². The zero-order valence-corrected chi connectivity index (χ0v) is 12.7. The Morgan fingerprint density at radius 2 is 2.00 bits per heavy atom. The topological polar surface area (TPSA) is 38.3 Å². The predicted octanol–water partition coefficient (Wildman–Crippen LogP) is 3.31. The third kappa shape index (κ3) is 3.04. The molecule has 1 saturated carbocycles. The molecule has 0 heterocycles. The molecular weight excluding hydrogens is 250 g/mol. The van der Waals surface area contributed by atoms with E-state index in [0.29, 0.717) is 12.6 Å². The molecule has 0 saturated heterocycles. The van der Waals surface area contributed by atoms with Crippen LogP contribution in [0, 0.1) is 6.92 Å². The number of rotatable bonds is 5. The molecule has 2 rings (SSSR count). The van der Waals surface area contributed by atoms with Crippen molar-refractivity contribution in [3.05, 3.63) is 35.4 Å². The Bertz CT molecular complexity index is 466. The van der Waals surface area contributed by atoms with Gasteiger partial charge in [-0.25, -0.2) is 4.79 Å². The Balaban J connectivity index is 2.32. The maximum Gasteiger partial charge on any atom is 0.330 e. The van der Waals surface area contributed by atoms with Crippen LogP contribution in [-0.2, 0) is 15.1 Å². The van der Waals surface area contributed by atoms with Gasteiger partial charge in [0.2, 0.25) is 0 Å². The number of nitrogens with one attached hydrogen (secondary N) is 1. The fourth-order valence-corrected chi connectivity index (χ4v) is 3.13. The number of ether oxygens (including phenoxy) is 1. The van der Waals surface area contributed by atoms with E-state index in [4.69, 9.17) is 4.74 Å². The van der Waals surface area contributed by atoms with Crippen LogP contribution in [0.4, 0.5) is 0 Å². The van der Waals surface area contributed by atoms with Crippen LogP contribution in [0.15, 0.2) is 24.3 Å². The van der Waals surface area contributed by atoms with Crippen LogP contribution in [0.3, 0.4) is 0 Å². The lowest BCUT2D eigenvalue weighted by Crippen LogP contribution is -2.51. The fourth-order valence-electron chi connectivity index (χ4n) is 3.13. The lowest BCUT2D eigenvalue weighted by atomic mass is 9.87. The summed E-state index contributed by atoms with van der Waals surface area (Å²) in [6.07, 6.45) is 4.76. The molecule has 3 heteroatoms. The first-order valence-electron chi connectivity index (χ1n) is 7.59. The van der Waals surface area contributed by atoms with Crippen molar-refractivity contribution in [3.63, 3.8) is 0 Å². The summed E-state index contributed by atoms with van der Waals surface area (Å²) in [5, 5.41) is 3.56. The van der Waals surface area contributed by atoms with Crippen molar-refractivity contribution >= 4 is 5.97 Å². The molecule has 0 amide bonds. The summed E-state index contributed by atoms with van der Waals surface area (Å²) in [5.74, 6) is -0.179.